The van der Waals surface area contributed by atoms with Gasteiger partial charge < -0.3 is 25.0 Å². The van der Waals surface area contributed by atoms with Crippen molar-refractivity contribution in [2.45, 2.75) is 39.3 Å². The number of rotatable bonds is 9. The van der Waals surface area contributed by atoms with Crippen molar-refractivity contribution in [2.24, 2.45) is 10.9 Å². The lowest BCUT2D eigenvalue weighted by molar-refractivity contribution is -0.0504. The molecule has 1 saturated heterocycles. The Morgan fingerprint density at radius 2 is 1.96 bits per heavy atom. The number of ether oxygens (including phenoxy) is 2. The molecule has 1 aromatic rings. The Labute approximate surface area is 166 Å². The molecule has 158 valence electrons. The molecule has 1 unspecified atom stereocenters. The van der Waals surface area contributed by atoms with Crippen molar-refractivity contribution < 1.29 is 18.3 Å². The molecule has 1 fully saturated rings. The van der Waals surface area contributed by atoms with E-state index in [-0.39, 0.29) is 5.75 Å². The third-order valence-corrected chi connectivity index (χ3v) is 4.79. The Hall–Kier alpha value is -2.09. The maximum Gasteiger partial charge on any atom is 0.387 e. The minimum absolute atomic E-state index is 0.122. The summed E-state index contributed by atoms with van der Waals surface area (Å²) in [5.41, 5.74) is 0.573. The molecular formula is C20H32F2N4O2. The maximum absolute atomic E-state index is 12.6. The summed E-state index contributed by atoms with van der Waals surface area (Å²) >= 11 is 0. The Kier molecular flexibility index (Phi) is 9.27. The number of guanidine groups is 1. The van der Waals surface area contributed by atoms with Crippen molar-refractivity contribution >= 4 is 5.96 Å². The number of nitrogens with zero attached hydrogens (tertiary/aromatic N) is 2. The highest BCUT2D eigenvalue weighted by atomic mass is 19.3. The number of hydrogen-bond donors (Lipinski definition) is 2. The van der Waals surface area contributed by atoms with Gasteiger partial charge in [0.1, 0.15) is 11.5 Å². The van der Waals surface area contributed by atoms with Crippen LogP contribution in [0.15, 0.2) is 23.2 Å². The minimum Gasteiger partial charge on any atom is -0.497 e. The van der Waals surface area contributed by atoms with Crippen molar-refractivity contribution in [2.75, 3.05) is 40.3 Å². The average molecular weight is 398 g/mol. The zero-order valence-corrected chi connectivity index (χ0v) is 17.0. The Balaban J connectivity index is 1.85. The molecule has 0 radical (unpaired) electrons. The van der Waals surface area contributed by atoms with Crippen LogP contribution in [-0.2, 0) is 6.54 Å². The SMILES string of the molecule is CN=C(NCc1cc(OC)ccc1OC(F)F)NCC(C)CN1CCCCC1. The smallest absolute Gasteiger partial charge is 0.387 e. The van der Waals surface area contributed by atoms with Crippen LogP contribution in [0, 0.1) is 5.92 Å². The normalized spacial score (nSPS) is 16.7. The molecule has 6 nitrogen and oxygen atoms in total. The number of alkyl halides is 2. The van der Waals surface area contributed by atoms with Crippen LogP contribution < -0.4 is 20.1 Å². The predicted octanol–water partition coefficient (Wildman–Crippen LogP) is 3.08. The molecule has 2 rings (SSSR count). The van der Waals surface area contributed by atoms with Crippen molar-refractivity contribution in [3.8, 4) is 11.5 Å². The van der Waals surface area contributed by atoms with E-state index in [1.165, 1.54) is 45.5 Å². The van der Waals surface area contributed by atoms with Gasteiger partial charge in [-0.15, -0.1) is 0 Å². The summed E-state index contributed by atoms with van der Waals surface area (Å²) < 4.78 is 35.0. The van der Waals surface area contributed by atoms with Crippen LogP contribution >= 0.6 is 0 Å². The van der Waals surface area contributed by atoms with Gasteiger partial charge in [-0.3, -0.25) is 4.99 Å². The van der Waals surface area contributed by atoms with Gasteiger partial charge >= 0.3 is 6.61 Å². The molecule has 0 aliphatic carbocycles. The van der Waals surface area contributed by atoms with E-state index in [2.05, 4.69) is 32.2 Å². The van der Waals surface area contributed by atoms with Gasteiger partial charge in [-0.05, 0) is 50.0 Å². The van der Waals surface area contributed by atoms with Crippen LogP contribution in [0.1, 0.15) is 31.7 Å². The third kappa shape index (κ3) is 7.50. The summed E-state index contributed by atoms with van der Waals surface area (Å²) in [7, 11) is 3.22. The molecule has 0 aromatic heterocycles. The van der Waals surface area contributed by atoms with Crippen LogP contribution in [-0.4, -0.2) is 57.8 Å². The first-order chi connectivity index (χ1) is 13.5. The molecule has 1 atom stereocenters. The van der Waals surface area contributed by atoms with E-state index in [1.807, 2.05) is 0 Å². The van der Waals surface area contributed by atoms with E-state index in [4.69, 9.17) is 4.74 Å². The second-order valence-corrected chi connectivity index (χ2v) is 7.13. The monoisotopic (exact) mass is 398 g/mol. The molecule has 1 heterocycles. The van der Waals surface area contributed by atoms with Gasteiger partial charge in [0.2, 0.25) is 0 Å². The van der Waals surface area contributed by atoms with Crippen molar-refractivity contribution in [1.29, 1.82) is 0 Å². The fourth-order valence-corrected chi connectivity index (χ4v) is 3.35. The molecule has 1 aromatic carbocycles. The van der Waals surface area contributed by atoms with Crippen LogP contribution in [0.3, 0.4) is 0 Å². The number of piperidine rings is 1. The molecule has 0 saturated carbocycles. The van der Waals surface area contributed by atoms with Crippen molar-refractivity contribution in [1.82, 2.24) is 15.5 Å². The van der Waals surface area contributed by atoms with E-state index < -0.39 is 6.61 Å². The Morgan fingerprint density at radius 1 is 1.21 bits per heavy atom. The number of halogens is 2. The highest BCUT2D eigenvalue weighted by Crippen LogP contribution is 2.25. The number of benzene rings is 1. The highest BCUT2D eigenvalue weighted by molar-refractivity contribution is 5.79. The van der Waals surface area contributed by atoms with E-state index in [0.717, 1.165) is 13.1 Å². The second-order valence-electron chi connectivity index (χ2n) is 7.13. The average Bonchev–Trinajstić information content (AvgIpc) is 2.69. The van der Waals surface area contributed by atoms with E-state index in [1.54, 1.807) is 19.2 Å². The van der Waals surface area contributed by atoms with E-state index >= 15 is 0 Å². The van der Waals surface area contributed by atoms with Crippen molar-refractivity contribution in [3.05, 3.63) is 23.8 Å². The number of methoxy groups -OCH3 is 1. The molecule has 0 bridgehead atoms. The third-order valence-electron chi connectivity index (χ3n) is 4.79. The maximum atomic E-state index is 12.6. The Morgan fingerprint density at radius 3 is 2.61 bits per heavy atom. The van der Waals surface area contributed by atoms with Gasteiger partial charge in [-0.25, -0.2) is 0 Å². The fourth-order valence-electron chi connectivity index (χ4n) is 3.35. The van der Waals surface area contributed by atoms with Crippen LogP contribution in [0.5, 0.6) is 11.5 Å². The molecule has 28 heavy (non-hydrogen) atoms. The standard InChI is InChI=1S/C20H32F2N4O2/c1-15(14-26-9-5-4-6-10-26)12-24-20(23-2)25-13-16-11-17(27-3)7-8-18(16)28-19(21)22/h7-8,11,15,19H,4-6,9-10,12-14H2,1-3H3,(H2,23,24,25). The first kappa shape index (κ1) is 22.2. The zero-order valence-electron chi connectivity index (χ0n) is 17.0. The molecule has 8 heteroatoms. The van der Waals surface area contributed by atoms with Gasteiger partial charge in [0.05, 0.1) is 7.11 Å². The first-order valence-corrected chi connectivity index (χ1v) is 9.80. The van der Waals surface area contributed by atoms with Crippen LogP contribution in [0.4, 0.5) is 8.78 Å². The summed E-state index contributed by atoms with van der Waals surface area (Å²) in [6.45, 7) is 3.84. The predicted molar refractivity (Wildman–Crippen MR) is 107 cm³/mol. The lowest BCUT2D eigenvalue weighted by Crippen LogP contribution is -2.42. The molecule has 2 N–H and O–H groups in total. The lowest BCUT2D eigenvalue weighted by atomic mass is 10.1. The zero-order chi connectivity index (χ0) is 20.4. The number of hydrogen-bond acceptors (Lipinski definition) is 4. The molecule has 1 aliphatic heterocycles. The molecule has 1 aliphatic rings. The van der Waals surface area contributed by atoms with Gasteiger partial charge in [-0.1, -0.05) is 13.3 Å². The first-order valence-electron chi connectivity index (χ1n) is 9.80. The van der Waals surface area contributed by atoms with Gasteiger partial charge in [0.25, 0.3) is 0 Å². The molecular weight excluding hydrogens is 366 g/mol. The summed E-state index contributed by atoms with van der Waals surface area (Å²) in [6.07, 6.45) is 3.90. The van der Waals surface area contributed by atoms with Crippen LogP contribution in [0.2, 0.25) is 0 Å². The topological polar surface area (TPSA) is 58.1 Å². The van der Waals surface area contributed by atoms with Gasteiger partial charge in [0, 0.05) is 32.2 Å². The summed E-state index contributed by atoms with van der Waals surface area (Å²) in [5, 5.41) is 6.46. The second kappa shape index (κ2) is 11.7. The number of likely N-dealkylation sites (tertiary alicyclic amines) is 1. The van der Waals surface area contributed by atoms with Gasteiger partial charge in [-0.2, -0.15) is 8.78 Å². The number of aliphatic imine (C=N–C) groups is 1. The summed E-state index contributed by atoms with van der Waals surface area (Å²) in [6, 6.07) is 4.76. The largest absolute Gasteiger partial charge is 0.497 e. The lowest BCUT2D eigenvalue weighted by Gasteiger charge is -2.29. The Bertz CT molecular complexity index is 622. The molecule has 0 spiro atoms. The van der Waals surface area contributed by atoms with E-state index in [9.17, 15) is 8.78 Å². The summed E-state index contributed by atoms with van der Waals surface area (Å²) in [5.74, 6) is 1.80. The highest BCUT2D eigenvalue weighted by Gasteiger charge is 2.14. The minimum atomic E-state index is -2.87. The van der Waals surface area contributed by atoms with E-state index in [0.29, 0.717) is 29.7 Å². The number of nitrogens with one attached hydrogen (secondary N) is 2. The quantitative estimate of drug-likeness (QED) is 0.495. The summed E-state index contributed by atoms with van der Waals surface area (Å²) in [4.78, 5) is 6.73. The fraction of sp³-hybridized carbons (Fsp3) is 0.650. The van der Waals surface area contributed by atoms with Crippen LogP contribution in [0.25, 0.3) is 0 Å². The van der Waals surface area contributed by atoms with Gasteiger partial charge in [0.15, 0.2) is 5.96 Å². The molecule has 0 amide bonds. The van der Waals surface area contributed by atoms with Crippen molar-refractivity contribution in [3.63, 3.8) is 0 Å².